The molecule has 0 amide bonds. The van der Waals surface area contributed by atoms with E-state index in [-0.39, 0.29) is 35.7 Å². The van der Waals surface area contributed by atoms with Crippen molar-refractivity contribution in [2.24, 2.45) is 0 Å². The smallest absolute Gasteiger partial charge is 0.344 e. The summed E-state index contributed by atoms with van der Waals surface area (Å²) in [4.78, 5) is 52.9. The van der Waals surface area contributed by atoms with E-state index in [2.05, 4.69) is 13.8 Å². The molecule has 0 unspecified atom stereocenters. The van der Waals surface area contributed by atoms with Crippen molar-refractivity contribution in [2.75, 3.05) is 13.2 Å². The number of hydrogen-bond donors (Lipinski definition) is 1. The molecule has 0 atom stereocenters. The van der Waals surface area contributed by atoms with Crippen LogP contribution in [0.5, 0.6) is 5.75 Å². The molecule has 3 rings (SSSR count). The number of carbonyl (C=O) groups excluding carboxylic acids is 3. The van der Waals surface area contributed by atoms with E-state index in [4.69, 9.17) is 14.2 Å². The van der Waals surface area contributed by atoms with E-state index < -0.39 is 29.4 Å². The van der Waals surface area contributed by atoms with Crippen molar-refractivity contribution in [1.29, 1.82) is 0 Å². The van der Waals surface area contributed by atoms with E-state index in [0.29, 0.717) is 12.8 Å². The number of benzene rings is 3. The summed E-state index contributed by atoms with van der Waals surface area (Å²) in [5.41, 5.74) is 0.603. The molecule has 0 saturated carbocycles. The van der Waals surface area contributed by atoms with Crippen LogP contribution < -0.4 is 4.74 Å². The summed E-state index contributed by atoms with van der Waals surface area (Å²) in [6.07, 6.45) is 27.9. The van der Waals surface area contributed by atoms with Crippen LogP contribution in [-0.4, -0.2) is 42.2 Å². The summed E-state index contributed by atoms with van der Waals surface area (Å²) in [7, 11) is 0. The topological polar surface area (TPSA) is 116 Å². The fourth-order valence-electron chi connectivity index (χ4n) is 7.16. The standard InChI is InChI=1S/C50H70O8/c1-3-5-7-9-11-13-15-17-19-21-23-28-36-56-48(53)44-39-46(50(55)58-42-34-32-41(33-35-42)40-30-26-25-27-31-40)45(38-43(44)47(51)52)49(54)57-37-29-24-22-20-18-16-14-12-10-8-6-4-2/h25-27,30-35,38-39H,3-24,28-29,36-37H2,1-2H3,(H,51,52). The van der Waals surface area contributed by atoms with E-state index in [9.17, 15) is 24.3 Å². The van der Waals surface area contributed by atoms with Crippen LogP contribution in [0.1, 0.15) is 209 Å². The molecule has 318 valence electrons. The monoisotopic (exact) mass is 799 g/mol. The molecule has 0 heterocycles. The van der Waals surface area contributed by atoms with E-state index in [0.717, 1.165) is 61.8 Å². The van der Waals surface area contributed by atoms with Gasteiger partial charge in [-0.2, -0.15) is 0 Å². The molecule has 0 aromatic heterocycles. The summed E-state index contributed by atoms with van der Waals surface area (Å²) in [6.45, 7) is 4.70. The Hall–Kier alpha value is -4.46. The number of rotatable bonds is 32. The Morgan fingerprint density at radius 1 is 0.414 bits per heavy atom. The van der Waals surface area contributed by atoms with Crippen LogP contribution in [0.2, 0.25) is 0 Å². The Bertz CT molecular complexity index is 1610. The Balaban J connectivity index is 1.60. The molecule has 3 aromatic carbocycles. The first-order chi connectivity index (χ1) is 28.3. The third-order valence-corrected chi connectivity index (χ3v) is 10.7. The average Bonchev–Trinajstić information content (AvgIpc) is 3.24. The molecule has 3 aromatic rings. The molecular weight excluding hydrogens is 729 g/mol. The molecule has 1 N–H and O–H groups in total. The van der Waals surface area contributed by atoms with Gasteiger partial charge in [0, 0.05) is 0 Å². The number of hydrogen-bond acceptors (Lipinski definition) is 7. The fourth-order valence-corrected chi connectivity index (χ4v) is 7.16. The lowest BCUT2D eigenvalue weighted by atomic mass is 9.98. The molecule has 58 heavy (non-hydrogen) atoms. The highest BCUT2D eigenvalue weighted by molar-refractivity contribution is 6.10. The highest BCUT2D eigenvalue weighted by Gasteiger charge is 2.28. The maximum Gasteiger partial charge on any atom is 0.344 e. The number of carbonyl (C=O) groups is 4. The molecule has 0 aliphatic rings. The third-order valence-electron chi connectivity index (χ3n) is 10.7. The first-order valence-corrected chi connectivity index (χ1v) is 22.5. The number of aromatic carboxylic acids is 1. The van der Waals surface area contributed by atoms with Gasteiger partial charge in [-0.05, 0) is 48.2 Å². The molecule has 8 nitrogen and oxygen atoms in total. The molecule has 0 aliphatic carbocycles. The normalized spacial score (nSPS) is 11.0. The molecule has 0 spiro atoms. The minimum atomic E-state index is -1.43. The number of carboxylic acids is 1. The van der Waals surface area contributed by atoms with E-state index in [1.807, 2.05) is 42.5 Å². The second-order valence-electron chi connectivity index (χ2n) is 15.6. The van der Waals surface area contributed by atoms with Gasteiger partial charge in [-0.1, -0.05) is 198 Å². The maximum absolute atomic E-state index is 13.7. The lowest BCUT2D eigenvalue weighted by molar-refractivity contribution is 0.0473. The third kappa shape index (κ3) is 18.9. The van der Waals surface area contributed by atoms with Gasteiger partial charge in [-0.25, -0.2) is 19.2 Å². The molecule has 0 fully saturated rings. The van der Waals surface area contributed by atoms with Crippen LogP contribution in [0.15, 0.2) is 66.7 Å². The molecule has 0 radical (unpaired) electrons. The van der Waals surface area contributed by atoms with Gasteiger partial charge in [0.15, 0.2) is 0 Å². The SMILES string of the molecule is CCCCCCCCCCCCCCOC(=O)c1cc(C(=O)Oc2ccc(-c3ccccc3)cc2)c(C(=O)OCCCCCCCCCCCCCC)cc1C(=O)O. The molecule has 8 heteroatoms. The molecule has 0 aliphatic heterocycles. The fraction of sp³-hybridized carbons (Fsp3) is 0.560. The zero-order valence-corrected chi connectivity index (χ0v) is 35.5. The van der Waals surface area contributed by atoms with Crippen molar-refractivity contribution < 1.29 is 38.5 Å². The van der Waals surface area contributed by atoms with Crippen molar-refractivity contribution in [3.05, 3.63) is 89.0 Å². The van der Waals surface area contributed by atoms with Crippen LogP contribution in [0.3, 0.4) is 0 Å². The van der Waals surface area contributed by atoms with Crippen LogP contribution in [-0.2, 0) is 9.47 Å². The van der Waals surface area contributed by atoms with Crippen LogP contribution in [0.4, 0.5) is 0 Å². The Labute approximate surface area is 348 Å². The van der Waals surface area contributed by atoms with Gasteiger partial charge in [0.25, 0.3) is 0 Å². The Morgan fingerprint density at radius 2 is 0.759 bits per heavy atom. The predicted molar refractivity (Wildman–Crippen MR) is 233 cm³/mol. The quantitative estimate of drug-likeness (QED) is 0.0377. The van der Waals surface area contributed by atoms with Gasteiger partial charge < -0.3 is 19.3 Å². The summed E-state index contributed by atoms with van der Waals surface area (Å²) >= 11 is 0. The van der Waals surface area contributed by atoms with Gasteiger partial charge in [0.1, 0.15) is 5.75 Å². The zero-order chi connectivity index (χ0) is 41.6. The number of ether oxygens (including phenoxy) is 3. The Morgan fingerprint density at radius 3 is 1.17 bits per heavy atom. The lowest BCUT2D eigenvalue weighted by Gasteiger charge is -2.14. The second-order valence-corrected chi connectivity index (χ2v) is 15.6. The van der Waals surface area contributed by atoms with Gasteiger partial charge in [0.05, 0.1) is 35.5 Å². The summed E-state index contributed by atoms with van der Waals surface area (Å²) in [5, 5.41) is 10.1. The first kappa shape index (κ1) is 47.9. The lowest BCUT2D eigenvalue weighted by Crippen LogP contribution is -2.21. The minimum absolute atomic E-state index is 0.117. The summed E-state index contributed by atoms with van der Waals surface area (Å²) in [6, 6.07) is 18.8. The van der Waals surface area contributed by atoms with Crippen molar-refractivity contribution in [1.82, 2.24) is 0 Å². The number of carboxylic acid groups (broad SMARTS) is 1. The molecule has 0 saturated heterocycles. The van der Waals surface area contributed by atoms with Crippen molar-refractivity contribution in [3.8, 4) is 16.9 Å². The van der Waals surface area contributed by atoms with Crippen LogP contribution in [0, 0.1) is 0 Å². The second kappa shape index (κ2) is 29.7. The van der Waals surface area contributed by atoms with E-state index >= 15 is 0 Å². The van der Waals surface area contributed by atoms with Crippen LogP contribution >= 0.6 is 0 Å². The van der Waals surface area contributed by atoms with E-state index in [1.165, 1.54) is 103 Å². The van der Waals surface area contributed by atoms with Gasteiger partial charge in [-0.3, -0.25) is 0 Å². The molecular formula is C50H70O8. The summed E-state index contributed by atoms with van der Waals surface area (Å²) in [5.74, 6) is -3.86. The van der Waals surface area contributed by atoms with Crippen molar-refractivity contribution >= 4 is 23.9 Å². The number of unbranched alkanes of at least 4 members (excludes halogenated alkanes) is 22. The zero-order valence-electron chi connectivity index (χ0n) is 35.5. The minimum Gasteiger partial charge on any atom is -0.478 e. The summed E-state index contributed by atoms with van der Waals surface area (Å²) < 4.78 is 16.7. The highest BCUT2D eigenvalue weighted by atomic mass is 16.5. The largest absolute Gasteiger partial charge is 0.478 e. The predicted octanol–water partition coefficient (Wildman–Crippen LogP) is 14.0. The Kier molecular flexibility index (Phi) is 24.5. The van der Waals surface area contributed by atoms with Crippen LogP contribution in [0.25, 0.3) is 11.1 Å². The van der Waals surface area contributed by atoms with Gasteiger partial charge in [-0.15, -0.1) is 0 Å². The van der Waals surface area contributed by atoms with Crippen molar-refractivity contribution in [3.63, 3.8) is 0 Å². The number of esters is 3. The van der Waals surface area contributed by atoms with Gasteiger partial charge >= 0.3 is 23.9 Å². The molecule has 0 bridgehead atoms. The first-order valence-electron chi connectivity index (χ1n) is 22.5. The highest BCUT2D eigenvalue weighted by Crippen LogP contribution is 2.26. The average molecular weight is 799 g/mol. The maximum atomic E-state index is 13.7. The van der Waals surface area contributed by atoms with Crippen molar-refractivity contribution in [2.45, 2.75) is 168 Å². The van der Waals surface area contributed by atoms with E-state index in [1.54, 1.807) is 12.1 Å². The van der Waals surface area contributed by atoms with Gasteiger partial charge in [0.2, 0.25) is 0 Å².